The van der Waals surface area contributed by atoms with Crippen molar-refractivity contribution in [1.82, 2.24) is 10.6 Å². The van der Waals surface area contributed by atoms with Crippen molar-refractivity contribution in [2.45, 2.75) is 70.2 Å². The van der Waals surface area contributed by atoms with Crippen LogP contribution in [0.3, 0.4) is 0 Å². The van der Waals surface area contributed by atoms with Gasteiger partial charge in [-0.1, -0.05) is 30.3 Å². The largest absolute Gasteiger partial charge is 0.480 e. The van der Waals surface area contributed by atoms with E-state index in [0.717, 1.165) is 58.9 Å². The summed E-state index contributed by atoms with van der Waals surface area (Å²) >= 11 is 1.40. The number of thioether (sulfide) groups is 1. The first kappa shape index (κ1) is 29.4. The first-order valence-electron chi connectivity index (χ1n) is 14.2. The zero-order valence-electron chi connectivity index (χ0n) is 23.7. The number of furan rings is 1. The van der Waals surface area contributed by atoms with Crippen molar-refractivity contribution in [3.8, 4) is 0 Å². The number of fused-ring (bicyclic) bond motifs is 4. The van der Waals surface area contributed by atoms with Gasteiger partial charge in [-0.3, -0.25) is 9.59 Å². The van der Waals surface area contributed by atoms with E-state index in [1.807, 2.05) is 43.3 Å². The molecule has 0 saturated carbocycles. The molecule has 2 amide bonds. The molecule has 1 aliphatic carbocycles. The number of benzene rings is 2. The summed E-state index contributed by atoms with van der Waals surface area (Å²) in [5, 5.41) is 16.5. The lowest BCUT2D eigenvalue weighted by molar-refractivity contribution is -0.141. The van der Waals surface area contributed by atoms with Gasteiger partial charge < -0.3 is 24.6 Å². The molecule has 0 fully saturated rings. The summed E-state index contributed by atoms with van der Waals surface area (Å²) in [5.74, 6) is -0.367. The number of rotatable bonds is 11. The van der Waals surface area contributed by atoms with Gasteiger partial charge in [-0.25, -0.2) is 9.59 Å². The zero-order valence-corrected chi connectivity index (χ0v) is 24.5. The first-order valence-corrected chi connectivity index (χ1v) is 15.3. The molecule has 3 N–H and O–H groups in total. The van der Waals surface area contributed by atoms with Crippen LogP contribution in [0.4, 0.5) is 0 Å². The molecule has 2 heterocycles. The Hall–Kier alpha value is -4.05. The van der Waals surface area contributed by atoms with E-state index in [0.29, 0.717) is 16.9 Å². The standard InChI is InChI=1S/C32H34N2O7S/c1-18-21(32(39)41-27-15-28-24(14-23(18)27)22-10-6-7-11-26(22)40-28)12-13-29(35)33-19(2)30(36)34-25(31(37)38)17-42-16-20-8-4-3-5-9-20/h3-5,8-9,14-15,19,25H,6-7,10-13,16-17H2,1-2H3,(H,33,35)(H,34,36)(H,37,38)/t19-,25-/m0/s1. The third-order valence-electron chi connectivity index (χ3n) is 7.75. The minimum atomic E-state index is -1.14. The van der Waals surface area contributed by atoms with Crippen molar-refractivity contribution < 1.29 is 28.3 Å². The molecular weight excluding hydrogens is 556 g/mol. The Bertz CT molecular complexity index is 1690. The van der Waals surface area contributed by atoms with Crippen molar-refractivity contribution in [3.05, 3.63) is 80.9 Å². The van der Waals surface area contributed by atoms with Crippen LogP contribution in [0.15, 0.2) is 56.1 Å². The van der Waals surface area contributed by atoms with Crippen LogP contribution in [0.25, 0.3) is 21.9 Å². The lowest BCUT2D eigenvalue weighted by atomic mass is 9.94. The van der Waals surface area contributed by atoms with Crippen molar-refractivity contribution in [3.63, 3.8) is 0 Å². The van der Waals surface area contributed by atoms with E-state index in [1.165, 1.54) is 24.2 Å². The fraction of sp³-hybridized carbons (Fsp3) is 0.375. The van der Waals surface area contributed by atoms with Crippen LogP contribution in [-0.2, 0) is 39.4 Å². The highest BCUT2D eigenvalue weighted by molar-refractivity contribution is 7.98. The molecule has 2 atom stereocenters. The third-order valence-corrected chi connectivity index (χ3v) is 8.85. The maximum absolute atomic E-state index is 12.8. The summed E-state index contributed by atoms with van der Waals surface area (Å²) in [6.07, 6.45) is 4.18. The van der Waals surface area contributed by atoms with E-state index in [-0.39, 0.29) is 18.6 Å². The number of carboxylic acids is 1. The Kier molecular flexibility index (Phi) is 9.01. The molecule has 5 rings (SSSR count). The Morgan fingerprint density at radius 1 is 1.00 bits per heavy atom. The molecule has 0 radical (unpaired) electrons. The Morgan fingerprint density at radius 3 is 2.50 bits per heavy atom. The lowest BCUT2D eigenvalue weighted by Crippen LogP contribution is -2.51. The van der Waals surface area contributed by atoms with Crippen LogP contribution in [0.2, 0.25) is 0 Å². The average molecular weight is 591 g/mol. The SMILES string of the molecule is Cc1c(CCC(=O)N[C@@H](C)C(=O)N[C@@H](CSCc2ccccc2)C(=O)O)c(=O)oc2cc3oc4c(c3cc12)CCCC4. The van der Waals surface area contributed by atoms with E-state index in [9.17, 15) is 24.3 Å². The highest BCUT2D eigenvalue weighted by Gasteiger charge is 2.25. The predicted molar refractivity (Wildman–Crippen MR) is 162 cm³/mol. The summed E-state index contributed by atoms with van der Waals surface area (Å²) in [4.78, 5) is 49.9. The topological polar surface area (TPSA) is 139 Å². The van der Waals surface area contributed by atoms with Crippen molar-refractivity contribution in [1.29, 1.82) is 0 Å². The van der Waals surface area contributed by atoms with Gasteiger partial charge in [0.25, 0.3) is 0 Å². The maximum atomic E-state index is 12.8. The number of carbonyl (C=O) groups is 3. The Morgan fingerprint density at radius 2 is 1.74 bits per heavy atom. The molecule has 220 valence electrons. The minimum absolute atomic E-state index is 0.0344. The third kappa shape index (κ3) is 6.54. The molecule has 0 aliphatic heterocycles. The second-order valence-corrected chi connectivity index (χ2v) is 11.8. The van der Waals surface area contributed by atoms with Gasteiger partial charge >= 0.3 is 11.6 Å². The fourth-order valence-corrected chi connectivity index (χ4v) is 6.40. The smallest absolute Gasteiger partial charge is 0.339 e. The molecule has 0 spiro atoms. The number of hydrogen-bond donors (Lipinski definition) is 3. The number of aliphatic carboxylic acids is 1. The Labute approximate surface area is 247 Å². The van der Waals surface area contributed by atoms with Gasteiger partial charge in [0.1, 0.15) is 29.0 Å². The highest BCUT2D eigenvalue weighted by atomic mass is 32.2. The molecule has 9 nitrogen and oxygen atoms in total. The number of hydrogen-bond acceptors (Lipinski definition) is 7. The predicted octanol–water partition coefficient (Wildman–Crippen LogP) is 4.67. The molecule has 0 bridgehead atoms. The average Bonchev–Trinajstić information content (AvgIpc) is 3.33. The van der Waals surface area contributed by atoms with Gasteiger partial charge in [0.15, 0.2) is 0 Å². The van der Waals surface area contributed by atoms with E-state index in [1.54, 1.807) is 6.07 Å². The van der Waals surface area contributed by atoms with Crippen LogP contribution in [0.1, 0.15) is 54.2 Å². The van der Waals surface area contributed by atoms with Crippen LogP contribution in [0.5, 0.6) is 0 Å². The lowest BCUT2D eigenvalue weighted by Gasteiger charge is -2.18. The normalized spacial score (nSPS) is 14.3. The van der Waals surface area contributed by atoms with Gasteiger partial charge in [0, 0.05) is 52.3 Å². The van der Waals surface area contributed by atoms with Crippen LogP contribution < -0.4 is 16.3 Å². The molecule has 1 aliphatic rings. The Balaban J connectivity index is 1.19. The van der Waals surface area contributed by atoms with E-state index < -0.39 is 35.5 Å². The summed E-state index contributed by atoms with van der Waals surface area (Å²) in [7, 11) is 0. The number of amides is 2. The van der Waals surface area contributed by atoms with E-state index >= 15 is 0 Å². The molecule has 0 unspecified atom stereocenters. The quantitative estimate of drug-likeness (QED) is 0.214. The monoisotopic (exact) mass is 590 g/mol. The first-order chi connectivity index (χ1) is 20.2. The second-order valence-electron chi connectivity index (χ2n) is 10.7. The molecule has 42 heavy (non-hydrogen) atoms. The molecule has 10 heteroatoms. The molecular formula is C32H34N2O7S. The molecule has 4 aromatic rings. The fourth-order valence-electron chi connectivity index (χ4n) is 5.39. The zero-order chi connectivity index (χ0) is 29.8. The van der Waals surface area contributed by atoms with E-state index in [4.69, 9.17) is 8.83 Å². The van der Waals surface area contributed by atoms with Crippen molar-refractivity contribution in [2.24, 2.45) is 0 Å². The van der Waals surface area contributed by atoms with Crippen molar-refractivity contribution in [2.75, 3.05) is 5.75 Å². The molecule has 0 saturated heterocycles. The number of aryl methyl sites for hydroxylation is 3. The van der Waals surface area contributed by atoms with Gasteiger partial charge in [0.2, 0.25) is 11.8 Å². The minimum Gasteiger partial charge on any atom is -0.480 e. The van der Waals surface area contributed by atoms with Gasteiger partial charge in [-0.15, -0.1) is 0 Å². The molecule has 2 aromatic heterocycles. The van der Waals surface area contributed by atoms with Gasteiger partial charge in [-0.05, 0) is 56.7 Å². The van der Waals surface area contributed by atoms with E-state index in [2.05, 4.69) is 10.6 Å². The number of carboxylic acid groups (broad SMARTS) is 1. The number of nitrogens with one attached hydrogen (secondary N) is 2. The molecule has 2 aromatic carbocycles. The number of carbonyl (C=O) groups excluding carboxylic acids is 2. The van der Waals surface area contributed by atoms with Crippen LogP contribution in [-0.4, -0.2) is 40.7 Å². The van der Waals surface area contributed by atoms with Crippen LogP contribution >= 0.6 is 11.8 Å². The van der Waals surface area contributed by atoms with Crippen molar-refractivity contribution >= 4 is 51.5 Å². The summed E-state index contributed by atoms with van der Waals surface area (Å²) < 4.78 is 11.7. The maximum Gasteiger partial charge on any atom is 0.339 e. The summed E-state index contributed by atoms with van der Waals surface area (Å²) in [6.45, 7) is 3.35. The summed E-state index contributed by atoms with van der Waals surface area (Å²) in [6, 6.07) is 11.4. The second kappa shape index (κ2) is 12.9. The van der Waals surface area contributed by atoms with Crippen LogP contribution in [0, 0.1) is 6.92 Å². The highest BCUT2D eigenvalue weighted by Crippen LogP contribution is 2.35. The van der Waals surface area contributed by atoms with Gasteiger partial charge in [0.05, 0.1) is 0 Å². The summed E-state index contributed by atoms with van der Waals surface area (Å²) in [5.41, 5.74) is 4.10. The van der Waals surface area contributed by atoms with Gasteiger partial charge in [-0.2, -0.15) is 11.8 Å².